The number of hydrogen-bond acceptors (Lipinski definition) is 5. The number of amidine groups is 2. The Morgan fingerprint density at radius 1 is 0.550 bits per heavy atom. The van der Waals surface area contributed by atoms with Crippen LogP contribution >= 0.6 is 11.3 Å². The van der Waals surface area contributed by atoms with Gasteiger partial charge in [0.1, 0.15) is 11.4 Å². The normalized spacial score (nSPS) is 15.8. The fourth-order valence-electron chi connectivity index (χ4n) is 9.46. The average molecular weight is 787 g/mol. The molecule has 1 aliphatic heterocycles. The topological polar surface area (TPSA) is 54.8 Å². The van der Waals surface area contributed by atoms with Crippen LogP contribution in [0.1, 0.15) is 23.6 Å². The minimum Gasteiger partial charge on any atom is -0.454 e. The minimum atomic E-state index is -0.853. The molecular weight excluding hydrogens is 753 g/mol. The molecule has 0 radical (unpaired) electrons. The van der Waals surface area contributed by atoms with Crippen LogP contribution in [0, 0.1) is 0 Å². The lowest BCUT2D eigenvalue weighted by Gasteiger charge is -2.33. The van der Waals surface area contributed by atoms with Crippen molar-refractivity contribution in [3.63, 3.8) is 0 Å². The van der Waals surface area contributed by atoms with Crippen LogP contribution in [0.2, 0.25) is 0 Å². The summed E-state index contributed by atoms with van der Waals surface area (Å²) >= 11 is 1.80. The first-order chi connectivity index (χ1) is 29.6. The first-order valence-electron chi connectivity index (χ1n) is 20.3. The highest BCUT2D eigenvalue weighted by molar-refractivity contribution is 7.26. The predicted molar refractivity (Wildman–Crippen MR) is 252 cm³/mol. The van der Waals surface area contributed by atoms with Gasteiger partial charge in [-0.1, -0.05) is 127 Å². The van der Waals surface area contributed by atoms with Crippen LogP contribution < -0.4 is 5.32 Å². The van der Waals surface area contributed by atoms with E-state index < -0.39 is 5.66 Å². The predicted octanol–water partition coefficient (Wildman–Crippen LogP) is 14.0. The van der Waals surface area contributed by atoms with Gasteiger partial charge in [-0.3, -0.25) is 0 Å². The highest BCUT2D eigenvalue weighted by Gasteiger charge is 2.34. The molecule has 4 heterocycles. The number of rotatable bonds is 4. The number of furan rings is 1. The quantitative estimate of drug-likeness (QED) is 0.193. The first kappa shape index (κ1) is 33.4. The molecule has 9 aromatic carbocycles. The summed E-state index contributed by atoms with van der Waals surface area (Å²) in [4.78, 5) is 11.1. The molecule has 5 nitrogen and oxygen atoms in total. The van der Waals surface area contributed by atoms with Crippen molar-refractivity contribution in [2.75, 3.05) is 0 Å². The molecule has 0 amide bonds. The number of hydrogen-bond donors (Lipinski definition) is 1. The van der Waals surface area contributed by atoms with Crippen LogP contribution in [0.5, 0.6) is 0 Å². The van der Waals surface area contributed by atoms with Gasteiger partial charge in [0.25, 0.3) is 0 Å². The Labute approximate surface area is 348 Å². The van der Waals surface area contributed by atoms with Crippen molar-refractivity contribution in [1.29, 1.82) is 0 Å². The number of para-hydroxylation sites is 2. The second-order valence-electron chi connectivity index (χ2n) is 16.0. The van der Waals surface area contributed by atoms with Crippen molar-refractivity contribution >= 4 is 108 Å². The lowest BCUT2D eigenvalue weighted by molar-refractivity contribution is 0.455. The van der Waals surface area contributed by atoms with Gasteiger partial charge < -0.3 is 14.3 Å². The number of fused-ring (bicyclic) bond motifs is 11. The summed E-state index contributed by atoms with van der Waals surface area (Å²) < 4.78 is 11.7. The summed E-state index contributed by atoms with van der Waals surface area (Å²) in [5, 5.41) is 15.6. The monoisotopic (exact) mass is 786 g/mol. The largest absolute Gasteiger partial charge is 0.454 e. The Kier molecular flexibility index (Phi) is 6.95. The maximum absolute atomic E-state index is 6.85. The average Bonchev–Trinajstić information content (AvgIpc) is 3.97. The van der Waals surface area contributed by atoms with E-state index in [0.29, 0.717) is 5.84 Å². The van der Waals surface area contributed by atoms with Gasteiger partial charge in [0, 0.05) is 52.8 Å². The van der Waals surface area contributed by atoms with Gasteiger partial charge in [-0.2, -0.15) is 0 Å². The number of thiophene rings is 1. The lowest BCUT2D eigenvalue weighted by atomic mass is 9.96. The molecule has 1 aliphatic rings. The van der Waals surface area contributed by atoms with Crippen LogP contribution in [-0.2, 0) is 5.66 Å². The SMILES string of the molecule is C[C@@]1(c2ccc3ccccc3c2)N=C(c2cccc3c2sc2ccccc23)N=C(c2cc(-n3c4ccccc4c4cc5ccccc5cc43)c3oc4ccccc4c3c2)N1. The van der Waals surface area contributed by atoms with Gasteiger partial charge in [0.05, 0.1) is 16.7 Å². The lowest BCUT2D eigenvalue weighted by Crippen LogP contribution is -2.46. The minimum absolute atomic E-state index is 0.693. The molecule has 0 spiro atoms. The van der Waals surface area contributed by atoms with E-state index in [9.17, 15) is 0 Å². The fraction of sp³-hybridized carbons (Fsp3) is 0.0370. The summed E-state index contributed by atoms with van der Waals surface area (Å²) in [7, 11) is 0. The molecule has 1 atom stereocenters. The van der Waals surface area contributed by atoms with E-state index >= 15 is 0 Å². The van der Waals surface area contributed by atoms with E-state index in [0.717, 1.165) is 66.6 Å². The summed E-state index contributed by atoms with van der Waals surface area (Å²) in [5.74, 6) is 1.44. The maximum Gasteiger partial charge on any atom is 0.161 e. The summed E-state index contributed by atoms with van der Waals surface area (Å²) in [5.41, 5.74) is 7.01. The molecule has 0 saturated carbocycles. The van der Waals surface area contributed by atoms with Crippen LogP contribution in [-0.4, -0.2) is 16.2 Å². The van der Waals surface area contributed by atoms with Gasteiger partial charge in [0.2, 0.25) is 0 Å². The molecule has 0 aliphatic carbocycles. The number of benzene rings is 9. The first-order valence-corrected chi connectivity index (χ1v) is 21.1. The molecule has 13 rings (SSSR count). The van der Waals surface area contributed by atoms with Crippen LogP contribution in [0.3, 0.4) is 0 Å². The fourth-order valence-corrected chi connectivity index (χ4v) is 10.7. The zero-order chi connectivity index (χ0) is 39.5. The summed E-state index contributed by atoms with van der Waals surface area (Å²) in [6.07, 6.45) is 0. The second kappa shape index (κ2) is 12.5. The molecule has 282 valence electrons. The molecule has 12 aromatic rings. The van der Waals surface area contributed by atoms with Crippen molar-refractivity contribution in [3.8, 4) is 5.69 Å². The Balaban J connectivity index is 1.10. The van der Waals surface area contributed by atoms with Gasteiger partial charge >= 0.3 is 0 Å². The molecular formula is C54H34N4OS. The van der Waals surface area contributed by atoms with E-state index in [1.54, 1.807) is 11.3 Å². The zero-order valence-electron chi connectivity index (χ0n) is 32.5. The van der Waals surface area contributed by atoms with Crippen molar-refractivity contribution in [2.45, 2.75) is 12.6 Å². The molecule has 0 fully saturated rings. The number of aliphatic imine (C=N–C) groups is 2. The Morgan fingerprint density at radius 3 is 2.12 bits per heavy atom. The Bertz CT molecular complexity index is 3850. The van der Waals surface area contributed by atoms with Crippen molar-refractivity contribution in [3.05, 3.63) is 199 Å². The van der Waals surface area contributed by atoms with E-state index in [1.807, 2.05) is 6.07 Å². The molecule has 0 bridgehead atoms. The summed E-state index contributed by atoms with van der Waals surface area (Å²) in [6, 6.07) is 65.0. The molecule has 6 heteroatoms. The van der Waals surface area contributed by atoms with Gasteiger partial charge in [-0.25, -0.2) is 9.98 Å². The molecule has 0 saturated heterocycles. The second-order valence-corrected chi connectivity index (χ2v) is 17.0. The molecule has 0 unspecified atom stereocenters. The van der Waals surface area contributed by atoms with E-state index in [4.69, 9.17) is 14.4 Å². The van der Waals surface area contributed by atoms with Crippen LogP contribution in [0.25, 0.3) is 91.1 Å². The smallest absolute Gasteiger partial charge is 0.161 e. The molecule has 1 N–H and O–H groups in total. The third-order valence-corrected chi connectivity index (χ3v) is 13.6. The van der Waals surface area contributed by atoms with Crippen molar-refractivity contribution in [2.24, 2.45) is 9.98 Å². The third kappa shape index (κ3) is 4.92. The number of nitrogens with one attached hydrogen (secondary N) is 1. The maximum atomic E-state index is 6.85. The zero-order valence-corrected chi connectivity index (χ0v) is 33.3. The Hall–Kier alpha value is -7.54. The van der Waals surface area contributed by atoms with Crippen molar-refractivity contribution < 1.29 is 4.42 Å². The summed E-state index contributed by atoms with van der Waals surface area (Å²) in [6.45, 7) is 2.17. The number of aromatic nitrogens is 1. The van der Waals surface area contributed by atoms with Crippen molar-refractivity contribution in [1.82, 2.24) is 9.88 Å². The highest BCUT2D eigenvalue weighted by Crippen LogP contribution is 2.42. The molecule has 3 aromatic heterocycles. The van der Waals surface area contributed by atoms with Gasteiger partial charge in [0.15, 0.2) is 17.1 Å². The standard InChI is InChI=1S/C54H34N4OS/c1-54(37-26-25-32-13-2-3-14-33(32)27-37)56-52(55-53(57-54)42-21-12-20-41-40-19-8-11-24-49(40)60-51(41)42)36-29-44-39-18-7-10-23-48(39)59-50(44)47(31-36)58-45-22-9-6-17-38(45)43-28-34-15-4-5-16-35(34)30-46(43)58/h2-31H,1H3,(H,55,56,57)/t54-/m0/s1. The van der Waals surface area contributed by atoms with Crippen LogP contribution in [0.15, 0.2) is 196 Å². The molecule has 60 heavy (non-hydrogen) atoms. The van der Waals surface area contributed by atoms with E-state index in [2.05, 4.69) is 193 Å². The van der Waals surface area contributed by atoms with Gasteiger partial charge in [-0.05, 0) is 88.6 Å². The van der Waals surface area contributed by atoms with E-state index in [-0.39, 0.29) is 0 Å². The van der Waals surface area contributed by atoms with E-state index in [1.165, 1.54) is 47.1 Å². The number of nitrogens with zero attached hydrogens (tertiary/aromatic N) is 3. The third-order valence-electron chi connectivity index (χ3n) is 12.4. The van der Waals surface area contributed by atoms with Crippen LogP contribution in [0.4, 0.5) is 0 Å². The Morgan fingerprint density at radius 2 is 1.25 bits per heavy atom. The highest BCUT2D eigenvalue weighted by atomic mass is 32.1. The van der Waals surface area contributed by atoms with Gasteiger partial charge in [-0.15, -0.1) is 11.3 Å².